The summed E-state index contributed by atoms with van der Waals surface area (Å²) >= 11 is 0. The minimum Gasteiger partial charge on any atom is -0.494 e. The summed E-state index contributed by atoms with van der Waals surface area (Å²) in [5.41, 5.74) is 0.779. The van der Waals surface area contributed by atoms with Crippen molar-refractivity contribution in [2.24, 2.45) is 0 Å². The Kier molecular flexibility index (Phi) is 4.89. The minimum atomic E-state index is -3.64. The van der Waals surface area contributed by atoms with Crippen LogP contribution in [0.15, 0.2) is 23.1 Å². The fourth-order valence-corrected chi connectivity index (χ4v) is 7.17. The van der Waals surface area contributed by atoms with Gasteiger partial charge in [-0.15, -0.1) is 0 Å². The second-order valence-electron chi connectivity index (χ2n) is 7.00. The Morgan fingerprint density at radius 2 is 1.72 bits per heavy atom. The first-order valence-corrected chi connectivity index (χ1v) is 12.0. The molecular weight excluding hydrogens is 362 g/mol. The Balaban J connectivity index is 1.90. The summed E-state index contributed by atoms with van der Waals surface area (Å²) in [6.07, 6.45) is 3.49. The Morgan fingerprint density at radius 3 is 2.20 bits per heavy atom. The van der Waals surface area contributed by atoms with Crippen LogP contribution in [0.3, 0.4) is 0 Å². The highest BCUT2D eigenvalue weighted by atomic mass is 32.2. The van der Waals surface area contributed by atoms with Gasteiger partial charge in [0.15, 0.2) is 0 Å². The number of hydrogen-bond donors (Lipinski definition) is 0. The van der Waals surface area contributed by atoms with Crippen LogP contribution in [0.5, 0.6) is 5.75 Å². The molecule has 0 radical (unpaired) electrons. The molecule has 2 aliphatic heterocycles. The van der Waals surface area contributed by atoms with E-state index in [9.17, 15) is 16.8 Å². The number of fused-ring (bicyclic) bond motifs is 2. The van der Waals surface area contributed by atoms with Gasteiger partial charge in [0.1, 0.15) is 15.6 Å². The van der Waals surface area contributed by atoms with Crippen LogP contribution in [0.2, 0.25) is 0 Å². The van der Waals surface area contributed by atoms with Crippen LogP contribution in [-0.4, -0.2) is 51.3 Å². The molecule has 2 atom stereocenters. The lowest BCUT2D eigenvalue weighted by molar-refractivity contribution is 0.249. The van der Waals surface area contributed by atoms with Crippen molar-refractivity contribution in [3.05, 3.63) is 23.8 Å². The first-order chi connectivity index (χ1) is 11.6. The lowest BCUT2D eigenvalue weighted by Crippen LogP contribution is -2.49. The predicted molar refractivity (Wildman–Crippen MR) is 96.0 cm³/mol. The molecule has 0 aromatic heterocycles. The van der Waals surface area contributed by atoms with E-state index < -0.39 is 25.1 Å². The van der Waals surface area contributed by atoms with Gasteiger partial charge in [-0.2, -0.15) is 4.31 Å². The molecule has 1 aromatic rings. The molecule has 0 spiro atoms. The van der Waals surface area contributed by atoms with Gasteiger partial charge in [-0.3, -0.25) is 0 Å². The zero-order chi connectivity index (χ0) is 18.4. The summed E-state index contributed by atoms with van der Waals surface area (Å²) in [6, 6.07) is 4.46. The lowest BCUT2D eigenvalue weighted by Gasteiger charge is -2.37. The number of aryl methyl sites for hydroxylation is 1. The van der Waals surface area contributed by atoms with E-state index in [4.69, 9.17) is 4.74 Å². The van der Waals surface area contributed by atoms with E-state index in [0.717, 1.165) is 18.4 Å². The molecule has 0 unspecified atom stereocenters. The highest BCUT2D eigenvalue weighted by molar-refractivity contribution is 7.91. The standard InChI is InChI=1S/C17H25NO5S2/c1-4-23-17-8-7-15(9-12(17)2)25(21,22)18-13-5-6-14(18)11-16(10-13)24(3,19)20/h7-9,13-14,16H,4-6,10-11H2,1-3H3/t13-,14-/m0/s1. The monoisotopic (exact) mass is 387 g/mol. The molecule has 3 rings (SSSR count). The number of rotatable bonds is 5. The summed E-state index contributed by atoms with van der Waals surface area (Å²) in [7, 11) is -6.78. The molecule has 6 nitrogen and oxygen atoms in total. The number of sulfone groups is 1. The highest BCUT2D eigenvalue weighted by Gasteiger charge is 2.49. The Labute approximate surface area is 150 Å². The number of ether oxygens (including phenoxy) is 1. The molecule has 140 valence electrons. The number of hydrogen-bond acceptors (Lipinski definition) is 5. The van der Waals surface area contributed by atoms with E-state index in [-0.39, 0.29) is 17.0 Å². The highest BCUT2D eigenvalue weighted by Crippen LogP contribution is 2.41. The minimum absolute atomic E-state index is 0.227. The maximum absolute atomic E-state index is 13.2. The average molecular weight is 388 g/mol. The molecule has 8 heteroatoms. The molecule has 25 heavy (non-hydrogen) atoms. The van der Waals surface area contributed by atoms with Gasteiger partial charge in [0.2, 0.25) is 10.0 Å². The summed E-state index contributed by atoms with van der Waals surface area (Å²) in [4.78, 5) is 0.253. The van der Waals surface area contributed by atoms with Gasteiger partial charge >= 0.3 is 0 Å². The molecule has 0 saturated carbocycles. The third kappa shape index (κ3) is 3.44. The molecule has 2 aliphatic rings. The summed E-state index contributed by atoms with van der Waals surface area (Å²) in [5.74, 6) is 0.681. The van der Waals surface area contributed by atoms with Gasteiger partial charge in [-0.05, 0) is 63.3 Å². The average Bonchev–Trinajstić information content (AvgIpc) is 2.80. The third-order valence-corrected chi connectivity index (χ3v) is 8.85. The SMILES string of the molecule is CCOc1ccc(S(=O)(=O)N2[C@H]3CC[C@H]2CC(S(C)(=O)=O)C3)cc1C. The third-order valence-electron chi connectivity index (χ3n) is 5.25. The van der Waals surface area contributed by atoms with Crippen LogP contribution < -0.4 is 4.74 Å². The topological polar surface area (TPSA) is 80.8 Å². The van der Waals surface area contributed by atoms with E-state index >= 15 is 0 Å². The van der Waals surface area contributed by atoms with Crippen molar-refractivity contribution in [1.82, 2.24) is 4.31 Å². The lowest BCUT2D eigenvalue weighted by atomic mass is 10.1. The second kappa shape index (κ2) is 6.55. The van der Waals surface area contributed by atoms with E-state index in [1.807, 2.05) is 13.8 Å². The van der Waals surface area contributed by atoms with Crippen LogP contribution in [0, 0.1) is 6.92 Å². The molecule has 1 aromatic carbocycles. The van der Waals surface area contributed by atoms with Crippen molar-refractivity contribution in [1.29, 1.82) is 0 Å². The van der Waals surface area contributed by atoms with E-state index in [0.29, 0.717) is 25.2 Å². The van der Waals surface area contributed by atoms with Crippen molar-refractivity contribution in [2.75, 3.05) is 12.9 Å². The molecular formula is C17H25NO5S2. The van der Waals surface area contributed by atoms with Crippen molar-refractivity contribution in [3.63, 3.8) is 0 Å². The molecule has 2 heterocycles. The quantitative estimate of drug-likeness (QED) is 0.773. The van der Waals surface area contributed by atoms with Crippen LogP contribution in [0.4, 0.5) is 0 Å². The van der Waals surface area contributed by atoms with Crippen LogP contribution in [0.1, 0.15) is 38.2 Å². The van der Waals surface area contributed by atoms with Gasteiger partial charge in [-0.25, -0.2) is 16.8 Å². The van der Waals surface area contributed by atoms with E-state index in [1.165, 1.54) is 6.26 Å². The molecule has 2 bridgehead atoms. The zero-order valence-electron chi connectivity index (χ0n) is 14.8. The Morgan fingerprint density at radius 1 is 1.12 bits per heavy atom. The van der Waals surface area contributed by atoms with Gasteiger partial charge in [-0.1, -0.05) is 0 Å². The molecule has 0 N–H and O–H groups in total. The maximum Gasteiger partial charge on any atom is 0.243 e. The van der Waals surface area contributed by atoms with Crippen molar-refractivity contribution < 1.29 is 21.6 Å². The second-order valence-corrected chi connectivity index (χ2v) is 11.2. The Hall–Kier alpha value is -1.12. The first kappa shape index (κ1) is 18.7. The van der Waals surface area contributed by atoms with Crippen LogP contribution in [0.25, 0.3) is 0 Å². The van der Waals surface area contributed by atoms with Crippen LogP contribution in [-0.2, 0) is 19.9 Å². The fourth-order valence-electron chi connectivity index (χ4n) is 4.05. The number of nitrogens with zero attached hydrogens (tertiary/aromatic N) is 1. The number of sulfonamides is 1. The zero-order valence-corrected chi connectivity index (χ0v) is 16.4. The maximum atomic E-state index is 13.2. The van der Waals surface area contributed by atoms with E-state index in [2.05, 4.69) is 0 Å². The van der Waals surface area contributed by atoms with Gasteiger partial charge < -0.3 is 4.74 Å². The summed E-state index contributed by atoms with van der Waals surface area (Å²) < 4.78 is 57.1. The van der Waals surface area contributed by atoms with Crippen molar-refractivity contribution in [2.45, 2.75) is 61.8 Å². The molecule has 0 aliphatic carbocycles. The van der Waals surface area contributed by atoms with Gasteiger partial charge in [0, 0.05) is 18.3 Å². The normalized spacial score (nSPS) is 27.4. The first-order valence-electron chi connectivity index (χ1n) is 8.60. The van der Waals surface area contributed by atoms with Crippen molar-refractivity contribution in [3.8, 4) is 5.75 Å². The summed E-state index contributed by atoms with van der Waals surface area (Å²) in [5, 5.41) is -0.432. The van der Waals surface area contributed by atoms with E-state index in [1.54, 1.807) is 22.5 Å². The predicted octanol–water partition coefficient (Wildman–Crippen LogP) is 2.12. The smallest absolute Gasteiger partial charge is 0.243 e. The fraction of sp³-hybridized carbons (Fsp3) is 0.647. The summed E-state index contributed by atoms with van der Waals surface area (Å²) in [6.45, 7) is 4.23. The van der Waals surface area contributed by atoms with Crippen LogP contribution >= 0.6 is 0 Å². The van der Waals surface area contributed by atoms with Gasteiger partial charge in [0.25, 0.3) is 0 Å². The molecule has 2 saturated heterocycles. The number of piperidine rings is 1. The molecule has 0 amide bonds. The van der Waals surface area contributed by atoms with Gasteiger partial charge in [0.05, 0.1) is 16.8 Å². The molecule has 2 fully saturated rings. The Bertz CT molecular complexity index is 849. The largest absolute Gasteiger partial charge is 0.494 e. The van der Waals surface area contributed by atoms with Crippen molar-refractivity contribution >= 4 is 19.9 Å². The number of benzene rings is 1.